The van der Waals surface area contributed by atoms with Crippen LogP contribution in [0.25, 0.3) is 0 Å². The summed E-state index contributed by atoms with van der Waals surface area (Å²) in [5.74, 6) is -0.873. The molecule has 1 aliphatic heterocycles. The van der Waals surface area contributed by atoms with E-state index in [0.29, 0.717) is 0 Å². The SMILES string of the molecule is O=C(NC1CCCC1)C1CCC(=O)N1S(=O)(=O)c1ccccc1. The minimum absolute atomic E-state index is 0.0360. The van der Waals surface area contributed by atoms with Crippen LogP contribution in [0.15, 0.2) is 35.2 Å². The molecular weight excluding hydrogens is 316 g/mol. The first-order valence-corrected chi connectivity index (χ1v) is 9.37. The molecule has 1 saturated heterocycles. The van der Waals surface area contributed by atoms with Gasteiger partial charge in [0.25, 0.3) is 10.0 Å². The Morgan fingerprint density at radius 3 is 2.39 bits per heavy atom. The smallest absolute Gasteiger partial charge is 0.267 e. The number of benzene rings is 1. The molecule has 23 heavy (non-hydrogen) atoms. The summed E-state index contributed by atoms with van der Waals surface area (Å²) in [6.07, 6.45) is 4.29. The monoisotopic (exact) mass is 336 g/mol. The molecule has 0 aromatic heterocycles. The summed E-state index contributed by atoms with van der Waals surface area (Å²) in [5.41, 5.74) is 0. The van der Waals surface area contributed by atoms with Crippen LogP contribution in [0.4, 0.5) is 0 Å². The quantitative estimate of drug-likeness (QED) is 0.901. The van der Waals surface area contributed by atoms with Crippen molar-refractivity contribution in [1.82, 2.24) is 9.62 Å². The average Bonchev–Trinajstić information content (AvgIpc) is 3.17. The number of nitrogens with one attached hydrogen (secondary N) is 1. The van der Waals surface area contributed by atoms with E-state index in [-0.39, 0.29) is 29.7 Å². The van der Waals surface area contributed by atoms with Crippen molar-refractivity contribution in [3.8, 4) is 0 Å². The number of amides is 2. The van der Waals surface area contributed by atoms with Crippen LogP contribution in [0.5, 0.6) is 0 Å². The van der Waals surface area contributed by atoms with E-state index in [2.05, 4.69) is 5.32 Å². The fourth-order valence-corrected chi connectivity index (χ4v) is 4.90. The molecule has 1 atom stereocenters. The Morgan fingerprint density at radius 2 is 1.74 bits per heavy atom. The minimum atomic E-state index is -3.99. The highest BCUT2D eigenvalue weighted by Crippen LogP contribution is 2.28. The lowest BCUT2D eigenvalue weighted by molar-refractivity contribution is -0.131. The molecule has 0 spiro atoms. The lowest BCUT2D eigenvalue weighted by Crippen LogP contribution is -2.49. The topological polar surface area (TPSA) is 83.6 Å². The predicted octanol–water partition coefficient (Wildman–Crippen LogP) is 1.43. The number of nitrogens with zero attached hydrogens (tertiary/aromatic N) is 1. The van der Waals surface area contributed by atoms with Crippen molar-refractivity contribution in [3.05, 3.63) is 30.3 Å². The highest BCUT2D eigenvalue weighted by Gasteiger charge is 2.44. The summed E-state index contributed by atoms with van der Waals surface area (Å²) in [7, 11) is -3.99. The normalized spacial score (nSPS) is 22.5. The molecule has 1 aromatic carbocycles. The maximum absolute atomic E-state index is 12.7. The summed E-state index contributed by atoms with van der Waals surface area (Å²) >= 11 is 0. The van der Waals surface area contributed by atoms with Gasteiger partial charge in [-0.1, -0.05) is 31.0 Å². The van der Waals surface area contributed by atoms with Crippen LogP contribution in [0.3, 0.4) is 0 Å². The van der Waals surface area contributed by atoms with Crippen LogP contribution in [-0.4, -0.2) is 36.6 Å². The van der Waals surface area contributed by atoms with Gasteiger partial charge in [0, 0.05) is 12.5 Å². The highest BCUT2D eigenvalue weighted by molar-refractivity contribution is 7.89. The van der Waals surface area contributed by atoms with Crippen LogP contribution < -0.4 is 5.32 Å². The first-order chi connectivity index (χ1) is 11.0. The average molecular weight is 336 g/mol. The molecule has 6 nitrogen and oxygen atoms in total. The lowest BCUT2D eigenvalue weighted by Gasteiger charge is -2.25. The van der Waals surface area contributed by atoms with Crippen molar-refractivity contribution in [3.63, 3.8) is 0 Å². The van der Waals surface area contributed by atoms with Gasteiger partial charge in [-0.25, -0.2) is 12.7 Å². The van der Waals surface area contributed by atoms with E-state index in [1.165, 1.54) is 12.1 Å². The first-order valence-electron chi connectivity index (χ1n) is 7.93. The van der Waals surface area contributed by atoms with Crippen LogP contribution in [0.1, 0.15) is 38.5 Å². The van der Waals surface area contributed by atoms with Gasteiger partial charge < -0.3 is 5.32 Å². The number of carbonyl (C=O) groups excluding carboxylic acids is 2. The van der Waals surface area contributed by atoms with Gasteiger partial charge >= 0.3 is 0 Å². The third-order valence-electron chi connectivity index (χ3n) is 4.46. The Hall–Kier alpha value is -1.89. The number of hydrogen-bond donors (Lipinski definition) is 1. The van der Waals surface area contributed by atoms with Crippen LogP contribution in [0.2, 0.25) is 0 Å². The van der Waals surface area contributed by atoms with Gasteiger partial charge in [0.05, 0.1) is 4.90 Å². The standard InChI is InChI=1S/C16H20N2O4S/c19-15-11-10-14(16(20)17-12-6-4-5-7-12)18(15)23(21,22)13-8-2-1-3-9-13/h1-3,8-9,12,14H,4-7,10-11H2,(H,17,20). The number of hydrogen-bond acceptors (Lipinski definition) is 4. The third kappa shape index (κ3) is 3.10. The molecule has 3 rings (SSSR count). The van der Waals surface area contributed by atoms with Crippen LogP contribution in [-0.2, 0) is 19.6 Å². The molecule has 124 valence electrons. The second-order valence-electron chi connectivity index (χ2n) is 6.05. The maximum atomic E-state index is 12.7. The number of rotatable bonds is 4. The largest absolute Gasteiger partial charge is 0.352 e. The van der Waals surface area contributed by atoms with Gasteiger partial charge in [0.2, 0.25) is 11.8 Å². The van der Waals surface area contributed by atoms with Gasteiger partial charge in [-0.05, 0) is 31.4 Å². The van der Waals surface area contributed by atoms with Crippen molar-refractivity contribution in [2.24, 2.45) is 0 Å². The van der Waals surface area contributed by atoms with Gasteiger partial charge in [-0.3, -0.25) is 9.59 Å². The van der Waals surface area contributed by atoms with Crippen LogP contribution >= 0.6 is 0 Å². The van der Waals surface area contributed by atoms with Crippen LogP contribution in [0, 0.1) is 0 Å². The summed E-state index contributed by atoms with van der Waals surface area (Å²) in [6, 6.07) is 6.93. The lowest BCUT2D eigenvalue weighted by atomic mass is 10.2. The van der Waals surface area contributed by atoms with Crippen molar-refractivity contribution in [2.45, 2.75) is 55.5 Å². The Morgan fingerprint density at radius 1 is 1.09 bits per heavy atom. The molecule has 1 aliphatic carbocycles. The maximum Gasteiger partial charge on any atom is 0.267 e. The van der Waals surface area contributed by atoms with Crippen molar-refractivity contribution in [2.75, 3.05) is 0 Å². The second-order valence-corrected chi connectivity index (χ2v) is 7.87. The molecule has 0 radical (unpaired) electrons. The van der Waals surface area contributed by atoms with Crippen molar-refractivity contribution in [1.29, 1.82) is 0 Å². The summed E-state index contributed by atoms with van der Waals surface area (Å²) in [4.78, 5) is 24.6. The Balaban J connectivity index is 1.83. The fourth-order valence-electron chi connectivity index (χ4n) is 3.27. The zero-order chi connectivity index (χ0) is 16.4. The number of sulfonamides is 1. The molecule has 2 fully saturated rings. The minimum Gasteiger partial charge on any atom is -0.352 e. The molecule has 1 aromatic rings. The first kappa shape index (κ1) is 16.0. The second kappa shape index (κ2) is 6.31. The van der Waals surface area contributed by atoms with Gasteiger partial charge in [0.15, 0.2) is 0 Å². The predicted molar refractivity (Wildman–Crippen MR) is 83.9 cm³/mol. The van der Waals surface area contributed by atoms with Gasteiger partial charge in [0.1, 0.15) is 6.04 Å². The van der Waals surface area contributed by atoms with E-state index in [9.17, 15) is 18.0 Å². The van der Waals surface area contributed by atoms with E-state index >= 15 is 0 Å². The van der Waals surface area contributed by atoms with Gasteiger partial charge in [-0.2, -0.15) is 0 Å². The van der Waals surface area contributed by atoms with E-state index < -0.39 is 22.0 Å². The Labute approximate surface area is 135 Å². The summed E-state index contributed by atoms with van der Waals surface area (Å²) in [5, 5.41) is 2.90. The van der Waals surface area contributed by atoms with Crippen molar-refractivity contribution >= 4 is 21.8 Å². The molecule has 2 aliphatic rings. The fraction of sp³-hybridized carbons (Fsp3) is 0.500. The van der Waals surface area contributed by atoms with E-state index in [0.717, 1.165) is 30.0 Å². The molecule has 1 N–H and O–H groups in total. The third-order valence-corrected chi connectivity index (χ3v) is 6.31. The molecule has 1 unspecified atom stereocenters. The summed E-state index contributed by atoms with van der Waals surface area (Å²) in [6.45, 7) is 0. The van der Waals surface area contributed by atoms with E-state index in [1.807, 2.05) is 0 Å². The zero-order valence-electron chi connectivity index (χ0n) is 12.8. The van der Waals surface area contributed by atoms with Gasteiger partial charge in [-0.15, -0.1) is 0 Å². The molecule has 1 saturated carbocycles. The number of carbonyl (C=O) groups is 2. The van der Waals surface area contributed by atoms with E-state index in [4.69, 9.17) is 0 Å². The van der Waals surface area contributed by atoms with E-state index in [1.54, 1.807) is 18.2 Å². The van der Waals surface area contributed by atoms with Crippen molar-refractivity contribution < 1.29 is 18.0 Å². The Kier molecular flexibility index (Phi) is 4.39. The molecule has 2 amide bonds. The highest BCUT2D eigenvalue weighted by atomic mass is 32.2. The molecule has 1 heterocycles. The summed E-state index contributed by atoms with van der Waals surface area (Å²) < 4.78 is 26.2. The Bertz CT molecular complexity index is 696. The molecular formula is C16H20N2O4S. The molecule has 0 bridgehead atoms. The molecule has 7 heteroatoms. The zero-order valence-corrected chi connectivity index (χ0v) is 13.6.